The lowest BCUT2D eigenvalue weighted by Gasteiger charge is -2.36. The zero-order valence-corrected chi connectivity index (χ0v) is 14.4. The molecule has 0 aromatic heterocycles. The Balaban J connectivity index is 1.22. The van der Waals surface area contributed by atoms with Crippen LogP contribution >= 0.6 is 0 Å². The quantitative estimate of drug-likeness (QED) is 0.840. The van der Waals surface area contributed by atoms with Crippen molar-refractivity contribution in [1.29, 1.82) is 0 Å². The number of carbonyl (C=O) groups is 1. The number of hydrogen-bond donors (Lipinski definition) is 2. The number of fused-ring (bicyclic) bond motifs is 1. The third-order valence-corrected chi connectivity index (χ3v) is 6.90. The van der Waals surface area contributed by atoms with Gasteiger partial charge in [-0.2, -0.15) is 0 Å². The van der Waals surface area contributed by atoms with Gasteiger partial charge in [0, 0.05) is 31.2 Å². The minimum absolute atomic E-state index is 0.0796. The van der Waals surface area contributed by atoms with E-state index in [1.54, 1.807) is 0 Å². The first-order valence-corrected chi connectivity index (χ1v) is 10.1. The molecule has 4 fully saturated rings. The van der Waals surface area contributed by atoms with Gasteiger partial charge < -0.3 is 15.5 Å². The largest absolute Gasteiger partial charge is 0.352 e. The molecule has 2 aliphatic carbocycles. The van der Waals surface area contributed by atoms with E-state index >= 15 is 0 Å². The predicted molar refractivity (Wildman–Crippen MR) is 92.3 cm³/mol. The van der Waals surface area contributed by atoms with Crippen LogP contribution in [0.3, 0.4) is 0 Å². The summed E-state index contributed by atoms with van der Waals surface area (Å²) in [6.07, 6.45) is 14.3. The second kappa shape index (κ2) is 7.10. The van der Waals surface area contributed by atoms with Crippen LogP contribution in [0.5, 0.6) is 0 Å². The van der Waals surface area contributed by atoms with Gasteiger partial charge in [0.2, 0.25) is 5.91 Å². The molecule has 3 atom stereocenters. The summed E-state index contributed by atoms with van der Waals surface area (Å²) in [6.45, 7) is 2.36. The lowest BCUT2D eigenvalue weighted by atomic mass is 9.85. The highest BCUT2D eigenvalue weighted by atomic mass is 16.2. The number of nitrogens with zero attached hydrogens (tertiary/aromatic N) is 1. The lowest BCUT2D eigenvalue weighted by molar-refractivity contribution is -0.124. The molecular weight excluding hydrogens is 286 g/mol. The van der Waals surface area contributed by atoms with Crippen LogP contribution in [0.1, 0.15) is 70.6 Å². The summed E-state index contributed by atoms with van der Waals surface area (Å²) in [6, 6.07) is 1.94. The predicted octanol–water partition coefficient (Wildman–Crippen LogP) is 2.43. The van der Waals surface area contributed by atoms with Gasteiger partial charge in [-0.25, -0.2) is 0 Å². The van der Waals surface area contributed by atoms with E-state index in [-0.39, 0.29) is 11.9 Å². The van der Waals surface area contributed by atoms with E-state index in [2.05, 4.69) is 15.5 Å². The van der Waals surface area contributed by atoms with Crippen molar-refractivity contribution >= 4 is 5.91 Å². The van der Waals surface area contributed by atoms with E-state index in [4.69, 9.17) is 0 Å². The molecule has 0 bridgehead atoms. The van der Waals surface area contributed by atoms with Crippen LogP contribution in [0, 0.1) is 5.92 Å². The monoisotopic (exact) mass is 319 g/mol. The summed E-state index contributed by atoms with van der Waals surface area (Å²) in [5.74, 6) is 1.03. The van der Waals surface area contributed by atoms with E-state index < -0.39 is 0 Å². The molecule has 2 saturated carbocycles. The first-order valence-electron chi connectivity index (χ1n) is 10.1. The Labute approximate surface area is 140 Å². The Hall–Kier alpha value is -0.610. The molecule has 4 rings (SSSR count). The van der Waals surface area contributed by atoms with Crippen LogP contribution in [0.25, 0.3) is 0 Å². The summed E-state index contributed by atoms with van der Waals surface area (Å²) in [4.78, 5) is 15.3. The van der Waals surface area contributed by atoms with Crippen LogP contribution in [0.4, 0.5) is 0 Å². The Morgan fingerprint density at radius 3 is 2.35 bits per heavy atom. The molecule has 4 heteroatoms. The van der Waals surface area contributed by atoms with Gasteiger partial charge in [-0.05, 0) is 50.9 Å². The molecule has 0 aromatic rings. The van der Waals surface area contributed by atoms with Crippen LogP contribution in [0.15, 0.2) is 0 Å². The zero-order chi connectivity index (χ0) is 15.6. The third kappa shape index (κ3) is 3.58. The van der Waals surface area contributed by atoms with E-state index in [1.165, 1.54) is 64.5 Å². The van der Waals surface area contributed by atoms with E-state index in [0.29, 0.717) is 12.1 Å². The van der Waals surface area contributed by atoms with Crippen molar-refractivity contribution in [2.45, 2.75) is 94.8 Å². The van der Waals surface area contributed by atoms with Gasteiger partial charge >= 0.3 is 0 Å². The van der Waals surface area contributed by atoms with E-state index in [1.807, 2.05) is 0 Å². The van der Waals surface area contributed by atoms with E-state index in [9.17, 15) is 4.79 Å². The Bertz CT molecular complexity index is 399. The number of rotatable bonds is 3. The van der Waals surface area contributed by atoms with Crippen molar-refractivity contribution in [2.24, 2.45) is 5.92 Å². The zero-order valence-electron chi connectivity index (χ0n) is 14.4. The molecule has 2 saturated heterocycles. The smallest absolute Gasteiger partial charge is 0.237 e. The van der Waals surface area contributed by atoms with Crippen LogP contribution in [-0.4, -0.2) is 48.1 Å². The number of likely N-dealkylation sites (tertiary alicyclic amines) is 1. The standard InChI is InChI=1S/C19H33N3O/c23-19(18-13-14-5-1-4-8-17(14)21-18)20-15-9-11-22(12-10-15)16-6-2-3-7-16/h14-18,21H,1-13H2,(H,20,23). The van der Waals surface area contributed by atoms with Crippen LogP contribution in [0.2, 0.25) is 0 Å². The Morgan fingerprint density at radius 1 is 0.913 bits per heavy atom. The Morgan fingerprint density at radius 2 is 1.61 bits per heavy atom. The second-order valence-corrected chi connectivity index (χ2v) is 8.36. The SMILES string of the molecule is O=C(NC1CCN(C2CCCC2)CC1)C1CC2CCCCC2N1. The van der Waals surface area contributed by atoms with Gasteiger partial charge in [0.05, 0.1) is 6.04 Å². The van der Waals surface area contributed by atoms with Crippen molar-refractivity contribution in [3.63, 3.8) is 0 Å². The molecule has 2 N–H and O–H groups in total. The van der Waals surface area contributed by atoms with Crippen molar-refractivity contribution in [2.75, 3.05) is 13.1 Å². The van der Waals surface area contributed by atoms with Gasteiger partial charge in [-0.1, -0.05) is 25.7 Å². The van der Waals surface area contributed by atoms with Crippen molar-refractivity contribution in [3.8, 4) is 0 Å². The molecule has 4 aliphatic rings. The fourth-order valence-electron chi connectivity index (χ4n) is 5.50. The topological polar surface area (TPSA) is 44.4 Å². The first-order chi connectivity index (χ1) is 11.3. The van der Waals surface area contributed by atoms with Gasteiger partial charge in [0.15, 0.2) is 0 Å². The maximum atomic E-state index is 12.6. The lowest BCUT2D eigenvalue weighted by Crippen LogP contribution is -2.51. The van der Waals surface area contributed by atoms with Crippen molar-refractivity contribution < 1.29 is 4.79 Å². The normalized spacial score (nSPS) is 37.0. The fraction of sp³-hybridized carbons (Fsp3) is 0.947. The summed E-state index contributed by atoms with van der Waals surface area (Å²) in [7, 11) is 0. The van der Waals surface area contributed by atoms with Gasteiger partial charge in [0.25, 0.3) is 0 Å². The molecule has 0 radical (unpaired) electrons. The number of nitrogens with one attached hydrogen (secondary N) is 2. The van der Waals surface area contributed by atoms with Gasteiger partial charge in [-0.15, -0.1) is 0 Å². The molecule has 0 spiro atoms. The van der Waals surface area contributed by atoms with Crippen molar-refractivity contribution in [3.05, 3.63) is 0 Å². The maximum absolute atomic E-state index is 12.6. The third-order valence-electron chi connectivity index (χ3n) is 6.90. The van der Waals surface area contributed by atoms with Crippen LogP contribution in [-0.2, 0) is 4.79 Å². The number of hydrogen-bond acceptors (Lipinski definition) is 3. The highest BCUT2D eigenvalue weighted by Gasteiger charge is 2.39. The van der Waals surface area contributed by atoms with Crippen molar-refractivity contribution in [1.82, 2.24) is 15.5 Å². The average Bonchev–Trinajstić information content (AvgIpc) is 3.25. The maximum Gasteiger partial charge on any atom is 0.237 e. The molecule has 0 aromatic carbocycles. The summed E-state index contributed by atoms with van der Waals surface area (Å²) < 4.78 is 0. The minimum atomic E-state index is 0.0796. The minimum Gasteiger partial charge on any atom is -0.352 e. The van der Waals surface area contributed by atoms with Gasteiger partial charge in [-0.3, -0.25) is 4.79 Å². The molecule has 23 heavy (non-hydrogen) atoms. The second-order valence-electron chi connectivity index (χ2n) is 8.36. The molecule has 4 nitrogen and oxygen atoms in total. The first kappa shape index (κ1) is 15.9. The van der Waals surface area contributed by atoms with Gasteiger partial charge in [0.1, 0.15) is 0 Å². The average molecular weight is 319 g/mol. The van der Waals surface area contributed by atoms with Crippen LogP contribution < -0.4 is 10.6 Å². The number of carbonyl (C=O) groups excluding carboxylic acids is 1. The molecule has 3 unspecified atom stereocenters. The highest BCUT2D eigenvalue weighted by molar-refractivity contribution is 5.82. The summed E-state index contributed by atoms with van der Waals surface area (Å²) in [5, 5.41) is 6.97. The number of piperidine rings is 1. The highest BCUT2D eigenvalue weighted by Crippen LogP contribution is 2.33. The Kier molecular flexibility index (Phi) is 4.91. The molecular formula is C19H33N3O. The molecule has 130 valence electrons. The van der Waals surface area contributed by atoms with E-state index in [0.717, 1.165) is 31.2 Å². The molecule has 2 aliphatic heterocycles. The fourth-order valence-corrected chi connectivity index (χ4v) is 5.50. The molecule has 1 amide bonds. The molecule has 2 heterocycles. The number of amides is 1. The summed E-state index contributed by atoms with van der Waals surface area (Å²) in [5.41, 5.74) is 0. The summed E-state index contributed by atoms with van der Waals surface area (Å²) >= 11 is 0.